The second-order valence-corrected chi connectivity index (χ2v) is 6.13. The van der Waals surface area contributed by atoms with Crippen molar-refractivity contribution in [1.29, 1.82) is 0 Å². The number of fused-ring (bicyclic) bond motifs is 1. The second kappa shape index (κ2) is 9.23. The van der Waals surface area contributed by atoms with Crippen LogP contribution in [-0.4, -0.2) is 62.7 Å². The monoisotopic (exact) mass is 385 g/mol. The number of methoxy groups -OCH3 is 1. The summed E-state index contributed by atoms with van der Waals surface area (Å²) < 4.78 is 21.6. The van der Waals surface area contributed by atoms with E-state index in [1.807, 2.05) is 6.92 Å². The minimum Gasteiger partial charge on any atom is -0.493 e. The summed E-state index contributed by atoms with van der Waals surface area (Å²) in [6, 6.07) is 4.84. The van der Waals surface area contributed by atoms with Gasteiger partial charge in [0.05, 0.1) is 20.3 Å². The van der Waals surface area contributed by atoms with E-state index in [-0.39, 0.29) is 19.0 Å². The quantitative estimate of drug-likeness (QED) is 0.756. The molecule has 1 saturated heterocycles. The van der Waals surface area contributed by atoms with Crippen LogP contribution in [0, 0.1) is 6.92 Å². The lowest BCUT2D eigenvalue weighted by molar-refractivity contribution is 0.00446. The number of hydrogen-bond donors (Lipinski definition) is 1. The van der Waals surface area contributed by atoms with Gasteiger partial charge in [0.1, 0.15) is 18.3 Å². The Bertz CT molecular complexity index is 787. The van der Waals surface area contributed by atoms with Crippen LogP contribution in [-0.2, 0) is 4.74 Å². The number of rotatable bonds is 6. The molecule has 1 unspecified atom stereocenters. The molecule has 1 aliphatic heterocycles. The molecule has 0 amide bonds. The van der Waals surface area contributed by atoms with Gasteiger partial charge in [-0.1, -0.05) is 0 Å². The number of benzene rings is 1. The summed E-state index contributed by atoms with van der Waals surface area (Å²) in [4.78, 5) is 13.7. The number of aryl methyl sites for hydroxylation is 1. The minimum atomic E-state index is -0.636. The summed E-state index contributed by atoms with van der Waals surface area (Å²) >= 11 is 0. The average molecular weight is 386 g/mol. The van der Waals surface area contributed by atoms with Gasteiger partial charge in [-0.2, -0.15) is 0 Å². The maximum absolute atomic E-state index is 11.6. The minimum absolute atomic E-state index is 0. The van der Waals surface area contributed by atoms with Crippen LogP contribution in [0.1, 0.15) is 5.56 Å². The zero-order valence-corrected chi connectivity index (χ0v) is 15.7. The lowest BCUT2D eigenvalue weighted by atomic mass is 10.1. The molecule has 2 heterocycles. The van der Waals surface area contributed by atoms with Crippen LogP contribution in [0.15, 0.2) is 27.4 Å². The van der Waals surface area contributed by atoms with E-state index in [0.29, 0.717) is 36.8 Å². The Balaban J connectivity index is 0.00000243. The summed E-state index contributed by atoms with van der Waals surface area (Å²) in [5.41, 5.74) is 0.834. The Labute approximate surface area is 157 Å². The van der Waals surface area contributed by atoms with Crippen molar-refractivity contribution in [3.63, 3.8) is 0 Å². The Hall–Kier alpha value is -1.80. The van der Waals surface area contributed by atoms with Gasteiger partial charge < -0.3 is 23.7 Å². The molecular formula is C18H24ClNO6. The van der Waals surface area contributed by atoms with Crippen LogP contribution in [0.25, 0.3) is 11.0 Å². The first-order valence-corrected chi connectivity index (χ1v) is 8.30. The van der Waals surface area contributed by atoms with Crippen molar-refractivity contribution in [3.05, 3.63) is 34.2 Å². The smallest absolute Gasteiger partial charge is 0.336 e. The molecule has 8 heteroatoms. The number of morpholine rings is 1. The van der Waals surface area contributed by atoms with Gasteiger partial charge in [0.2, 0.25) is 0 Å². The van der Waals surface area contributed by atoms with Crippen LogP contribution in [0.4, 0.5) is 0 Å². The van der Waals surface area contributed by atoms with Crippen molar-refractivity contribution in [3.8, 4) is 11.5 Å². The van der Waals surface area contributed by atoms with Gasteiger partial charge in [0, 0.05) is 37.2 Å². The van der Waals surface area contributed by atoms with Crippen LogP contribution in [0.5, 0.6) is 11.5 Å². The Morgan fingerprint density at radius 1 is 1.23 bits per heavy atom. The fourth-order valence-corrected chi connectivity index (χ4v) is 2.92. The van der Waals surface area contributed by atoms with E-state index in [0.717, 1.165) is 24.0 Å². The lowest BCUT2D eigenvalue weighted by Gasteiger charge is -2.28. The van der Waals surface area contributed by atoms with Crippen LogP contribution in [0.2, 0.25) is 0 Å². The lowest BCUT2D eigenvalue weighted by Crippen LogP contribution is -2.42. The molecule has 1 aromatic heterocycles. The third-order valence-electron chi connectivity index (χ3n) is 4.24. The average Bonchev–Trinajstić information content (AvgIpc) is 2.60. The summed E-state index contributed by atoms with van der Waals surface area (Å²) in [6.45, 7) is 5.46. The fourth-order valence-electron chi connectivity index (χ4n) is 2.92. The summed E-state index contributed by atoms with van der Waals surface area (Å²) in [5.74, 6) is 0.966. The van der Waals surface area contributed by atoms with E-state index < -0.39 is 11.7 Å². The van der Waals surface area contributed by atoms with Crippen molar-refractivity contribution in [2.45, 2.75) is 13.0 Å². The third kappa shape index (κ3) is 4.88. The molecule has 1 N–H and O–H groups in total. The normalized spacial score (nSPS) is 16.1. The molecule has 2 aromatic rings. The predicted molar refractivity (Wildman–Crippen MR) is 99.8 cm³/mol. The standard InChI is InChI=1S/C18H23NO6.ClH/c1-12-7-18(21)25-15-9-17(16(22-2)8-14(12)15)24-11-13(20)10-19-3-5-23-6-4-19;/h7-9,13,20H,3-6,10-11H2,1-2H3;1H. The molecule has 0 saturated carbocycles. The third-order valence-corrected chi connectivity index (χ3v) is 4.24. The molecule has 0 radical (unpaired) electrons. The zero-order valence-electron chi connectivity index (χ0n) is 14.9. The molecule has 1 aromatic carbocycles. The van der Waals surface area contributed by atoms with Crippen molar-refractivity contribution >= 4 is 23.4 Å². The molecule has 0 bridgehead atoms. The highest BCUT2D eigenvalue weighted by Gasteiger charge is 2.17. The molecule has 3 rings (SSSR count). The van der Waals surface area contributed by atoms with Crippen LogP contribution < -0.4 is 15.1 Å². The van der Waals surface area contributed by atoms with Gasteiger partial charge in [-0.25, -0.2) is 4.79 Å². The highest BCUT2D eigenvalue weighted by molar-refractivity contribution is 5.85. The van der Waals surface area contributed by atoms with Crippen molar-refractivity contribution in [2.75, 3.05) is 46.6 Å². The maximum atomic E-state index is 11.6. The van der Waals surface area contributed by atoms with E-state index in [2.05, 4.69) is 4.90 Å². The van der Waals surface area contributed by atoms with Gasteiger partial charge in [-0.05, 0) is 18.6 Å². The molecule has 0 spiro atoms. The molecule has 0 aliphatic carbocycles. The molecular weight excluding hydrogens is 362 g/mol. The number of nitrogens with zero attached hydrogens (tertiary/aromatic N) is 1. The highest BCUT2D eigenvalue weighted by atomic mass is 35.5. The Kier molecular flexibility index (Phi) is 7.28. The number of halogens is 1. The second-order valence-electron chi connectivity index (χ2n) is 6.13. The van der Waals surface area contributed by atoms with E-state index in [4.69, 9.17) is 18.6 Å². The number of hydrogen-bond acceptors (Lipinski definition) is 7. The van der Waals surface area contributed by atoms with E-state index >= 15 is 0 Å². The first-order valence-electron chi connectivity index (χ1n) is 8.30. The molecule has 26 heavy (non-hydrogen) atoms. The van der Waals surface area contributed by atoms with Crippen molar-refractivity contribution in [1.82, 2.24) is 4.90 Å². The first-order chi connectivity index (χ1) is 12.1. The maximum Gasteiger partial charge on any atom is 0.336 e. The van der Waals surface area contributed by atoms with Gasteiger partial charge in [-0.15, -0.1) is 12.4 Å². The molecule has 1 aliphatic rings. The number of aliphatic hydroxyl groups is 1. The Morgan fingerprint density at radius 3 is 2.65 bits per heavy atom. The van der Waals surface area contributed by atoms with Crippen molar-refractivity contribution < 1.29 is 23.7 Å². The van der Waals surface area contributed by atoms with Gasteiger partial charge in [-0.3, -0.25) is 4.90 Å². The number of aliphatic hydroxyl groups excluding tert-OH is 1. The fraction of sp³-hybridized carbons (Fsp3) is 0.500. The number of ether oxygens (including phenoxy) is 3. The molecule has 1 fully saturated rings. The van der Waals surface area contributed by atoms with Gasteiger partial charge in [0.15, 0.2) is 11.5 Å². The Morgan fingerprint density at radius 2 is 1.96 bits per heavy atom. The molecule has 1 atom stereocenters. The predicted octanol–water partition coefficient (Wildman–Crippen LogP) is 1.60. The van der Waals surface area contributed by atoms with Crippen LogP contribution >= 0.6 is 12.4 Å². The SMILES string of the molecule is COc1cc2c(C)cc(=O)oc2cc1OCC(O)CN1CCOCC1.Cl. The largest absolute Gasteiger partial charge is 0.493 e. The van der Waals surface area contributed by atoms with E-state index in [1.54, 1.807) is 19.2 Å². The summed E-state index contributed by atoms with van der Waals surface area (Å²) in [5, 5.41) is 11.0. The summed E-state index contributed by atoms with van der Waals surface area (Å²) in [7, 11) is 1.55. The van der Waals surface area contributed by atoms with Crippen LogP contribution in [0.3, 0.4) is 0 Å². The zero-order chi connectivity index (χ0) is 17.8. The number of β-amino-alcohol motifs (C(OH)–C–C–N with tert-alkyl or cyclic N) is 1. The van der Waals surface area contributed by atoms with E-state index in [9.17, 15) is 9.90 Å². The topological polar surface area (TPSA) is 81.4 Å². The van der Waals surface area contributed by atoms with Gasteiger partial charge in [0.25, 0.3) is 0 Å². The summed E-state index contributed by atoms with van der Waals surface area (Å²) in [6.07, 6.45) is -0.636. The van der Waals surface area contributed by atoms with Gasteiger partial charge >= 0.3 is 5.63 Å². The molecule has 7 nitrogen and oxygen atoms in total. The van der Waals surface area contributed by atoms with Crippen molar-refractivity contribution in [2.24, 2.45) is 0 Å². The first kappa shape index (κ1) is 20.5. The highest BCUT2D eigenvalue weighted by Crippen LogP contribution is 2.33. The molecule has 144 valence electrons. The van der Waals surface area contributed by atoms with E-state index in [1.165, 1.54) is 6.07 Å².